The van der Waals surface area contributed by atoms with E-state index in [1.807, 2.05) is 18.2 Å². The molecule has 0 aliphatic carbocycles. The fourth-order valence-electron chi connectivity index (χ4n) is 4.36. The molecule has 0 spiro atoms. The summed E-state index contributed by atoms with van der Waals surface area (Å²) >= 11 is 0. The van der Waals surface area contributed by atoms with Gasteiger partial charge in [-0.05, 0) is 89.2 Å². The highest BCUT2D eigenvalue weighted by Crippen LogP contribution is 2.39. The van der Waals surface area contributed by atoms with Gasteiger partial charge in [0.2, 0.25) is 10.0 Å². The average Bonchev–Trinajstić information content (AvgIpc) is 3.18. The van der Waals surface area contributed by atoms with Crippen LogP contribution in [0.4, 0.5) is 5.69 Å². The number of benzene rings is 1. The van der Waals surface area contributed by atoms with Gasteiger partial charge in [0.1, 0.15) is 0 Å². The number of piperidine rings is 1. The smallest absolute Gasteiger partial charge is 0.237 e. The Labute approximate surface area is 156 Å². The lowest BCUT2D eigenvalue weighted by atomic mass is 9.85. The van der Waals surface area contributed by atoms with Gasteiger partial charge in [-0.25, -0.2) is 8.42 Å². The van der Waals surface area contributed by atoms with Gasteiger partial charge in [0.05, 0.1) is 4.75 Å². The number of hydrogen-bond donors (Lipinski definition) is 2. The maximum atomic E-state index is 12.5. The number of nitrogens with one attached hydrogen (secondary N) is 2. The predicted molar refractivity (Wildman–Crippen MR) is 107 cm³/mol. The predicted octanol–water partition coefficient (Wildman–Crippen LogP) is 4.05. The zero-order chi connectivity index (χ0) is 18.5. The summed E-state index contributed by atoms with van der Waals surface area (Å²) < 4.78 is 26.9. The first-order chi connectivity index (χ1) is 12.2. The molecule has 2 saturated heterocycles. The molecule has 2 aromatic rings. The summed E-state index contributed by atoms with van der Waals surface area (Å²) in [5, 5.41) is 1.15. The van der Waals surface area contributed by atoms with Gasteiger partial charge in [-0.1, -0.05) is 0 Å². The zero-order valence-corrected chi connectivity index (χ0v) is 16.7. The van der Waals surface area contributed by atoms with E-state index in [1.165, 1.54) is 44.3 Å². The molecule has 2 N–H and O–H groups in total. The normalized spacial score (nSPS) is 24.7. The van der Waals surface area contributed by atoms with Gasteiger partial charge in [-0.3, -0.25) is 4.72 Å². The SMILES string of the molecule is CC(C)(C)S(=O)(=O)Nc1ccc2[nH]cc(C3CCN4CCCC4C3)c2c1. The van der Waals surface area contributed by atoms with E-state index in [-0.39, 0.29) is 0 Å². The summed E-state index contributed by atoms with van der Waals surface area (Å²) in [5.41, 5.74) is 3.06. The van der Waals surface area contributed by atoms with Gasteiger partial charge < -0.3 is 9.88 Å². The summed E-state index contributed by atoms with van der Waals surface area (Å²) in [6, 6.07) is 6.53. The van der Waals surface area contributed by atoms with Crippen LogP contribution in [0.2, 0.25) is 0 Å². The number of rotatable bonds is 3. The summed E-state index contributed by atoms with van der Waals surface area (Å²) in [6.07, 6.45) is 7.16. The third-order valence-electron chi connectivity index (χ3n) is 6.03. The first-order valence-corrected chi connectivity index (χ1v) is 11.1. The number of nitrogens with zero attached hydrogens (tertiary/aromatic N) is 1. The monoisotopic (exact) mass is 375 g/mol. The quantitative estimate of drug-likeness (QED) is 0.850. The molecule has 2 aliphatic heterocycles. The summed E-state index contributed by atoms with van der Waals surface area (Å²) in [5.74, 6) is 0.553. The number of sulfonamides is 1. The molecule has 5 nitrogen and oxygen atoms in total. The highest BCUT2D eigenvalue weighted by atomic mass is 32.2. The fraction of sp³-hybridized carbons (Fsp3) is 0.600. The lowest BCUT2D eigenvalue weighted by Gasteiger charge is -2.34. The Hall–Kier alpha value is -1.53. The van der Waals surface area contributed by atoms with Crippen molar-refractivity contribution in [1.82, 2.24) is 9.88 Å². The number of anilines is 1. The first kappa shape index (κ1) is 17.9. The van der Waals surface area contributed by atoms with Crippen LogP contribution >= 0.6 is 0 Å². The Morgan fingerprint density at radius 1 is 1.19 bits per heavy atom. The highest BCUT2D eigenvalue weighted by molar-refractivity contribution is 7.94. The van der Waals surface area contributed by atoms with Gasteiger partial charge in [-0.15, -0.1) is 0 Å². The minimum atomic E-state index is -3.42. The highest BCUT2D eigenvalue weighted by Gasteiger charge is 2.33. The van der Waals surface area contributed by atoms with E-state index in [9.17, 15) is 8.42 Å². The number of H-pyrrole nitrogens is 1. The number of hydrogen-bond acceptors (Lipinski definition) is 3. The van der Waals surface area contributed by atoms with E-state index in [0.29, 0.717) is 11.6 Å². The van der Waals surface area contributed by atoms with Crippen LogP contribution in [0, 0.1) is 0 Å². The van der Waals surface area contributed by atoms with Crippen molar-refractivity contribution in [2.24, 2.45) is 0 Å². The van der Waals surface area contributed by atoms with Gasteiger partial charge in [-0.2, -0.15) is 0 Å². The van der Waals surface area contributed by atoms with Crippen molar-refractivity contribution in [2.45, 2.75) is 63.2 Å². The maximum Gasteiger partial charge on any atom is 0.237 e. The molecule has 2 atom stereocenters. The number of fused-ring (bicyclic) bond motifs is 2. The molecule has 0 radical (unpaired) electrons. The van der Waals surface area contributed by atoms with Crippen molar-refractivity contribution in [2.75, 3.05) is 17.8 Å². The lowest BCUT2D eigenvalue weighted by molar-refractivity contribution is 0.181. The van der Waals surface area contributed by atoms with Gasteiger partial charge in [0.15, 0.2) is 0 Å². The molecule has 26 heavy (non-hydrogen) atoms. The lowest BCUT2D eigenvalue weighted by Crippen LogP contribution is -2.37. The van der Waals surface area contributed by atoms with Crippen molar-refractivity contribution in [1.29, 1.82) is 0 Å². The third kappa shape index (κ3) is 3.14. The molecule has 0 amide bonds. The second-order valence-electron chi connectivity index (χ2n) is 8.78. The molecule has 1 aromatic carbocycles. The van der Waals surface area contributed by atoms with Gasteiger partial charge >= 0.3 is 0 Å². The second kappa shape index (κ2) is 6.27. The van der Waals surface area contributed by atoms with E-state index in [2.05, 4.69) is 20.8 Å². The molecule has 0 saturated carbocycles. The molecular formula is C20H29N3O2S. The Morgan fingerprint density at radius 2 is 2.00 bits per heavy atom. The largest absolute Gasteiger partial charge is 0.361 e. The van der Waals surface area contributed by atoms with Gasteiger partial charge in [0.25, 0.3) is 0 Å². The van der Waals surface area contributed by atoms with Gasteiger partial charge in [0, 0.05) is 28.8 Å². The van der Waals surface area contributed by atoms with E-state index < -0.39 is 14.8 Å². The Kier molecular flexibility index (Phi) is 4.31. The molecule has 3 heterocycles. The van der Waals surface area contributed by atoms with Crippen molar-refractivity contribution in [3.63, 3.8) is 0 Å². The minimum Gasteiger partial charge on any atom is -0.361 e. The van der Waals surface area contributed by atoms with Crippen molar-refractivity contribution >= 4 is 26.6 Å². The van der Waals surface area contributed by atoms with Crippen LogP contribution in [0.5, 0.6) is 0 Å². The van der Waals surface area contributed by atoms with Crippen LogP contribution in [0.3, 0.4) is 0 Å². The zero-order valence-electron chi connectivity index (χ0n) is 15.9. The number of aromatic nitrogens is 1. The van der Waals surface area contributed by atoms with Crippen LogP contribution < -0.4 is 4.72 Å². The van der Waals surface area contributed by atoms with Crippen LogP contribution in [-0.4, -0.2) is 42.2 Å². The molecule has 6 heteroatoms. The molecule has 2 unspecified atom stereocenters. The molecule has 2 fully saturated rings. The molecule has 0 bridgehead atoms. The topological polar surface area (TPSA) is 65.2 Å². The van der Waals surface area contributed by atoms with E-state index in [1.54, 1.807) is 20.8 Å². The van der Waals surface area contributed by atoms with Crippen LogP contribution in [-0.2, 0) is 10.0 Å². The third-order valence-corrected chi connectivity index (χ3v) is 8.15. The van der Waals surface area contributed by atoms with E-state index in [4.69, 9.17) is 0 Å². The summed E-state index contributed by atoms with van der Waals surface area (Å²) in [4.78, 5) is 6.01. The van der Waals surface area contributed by atoms with Crippen molar-refractivity contribution < 1.29 is 8.42 Å². The minimum absolute atomic E-state index is 0.553. The Morgan fingerprint density at radius 3 is 2.77 bits per heavy atom. The van der Waals surface area contributed by atoms with Crippen LogP contribution in [0.1, 0.15) is 57.9 Å². The molecule has 142 valence electrons. The molecular weight excluding hydrogens is 346 g/mol. The Bertz CT molecular complexity index is 911. The number of aromatic amines is 1. The summed E-state index contributed by atoms with van der Waals surface area (Å²) in [6.45, 7) is 7.57. The van der Waals surface area contributed by atoms with Crippen molar-refractivity contribution in [3.8, 4) is 0 Å². The van der Waals surface area contributed by atoms with E-state index in [0.717, 1.165) is 16.9 Å². The van der Waals surface area contributed by atoms with Crippen molar-refractivity contribution in [3.05, 3.63) is 30.0 Å². The second-order valence-corrected chi connectivity index (χ2v) is 11.2. The average molecular weight is 376 g/mol. The first-order valence-electron chi connectivity index (χ1n) is 9.62. The fourth-order valence-corrected chi connectivity index (χ4v) is 5.10. The van der Waals surface area contributed by atoms with E-state index >= 15 is 0 Å². The maximum absolute atomic E-state index is 12.5. The van der Waals surface area contributed by atoms with Crippen LogP contribution in [0.15, 0.2) is 24.4 Å². The molecule has 1 aromatic heterocycles. The standard InChI is InChI=1S/C20H29N3O2S/c1-20(2,3)26(24,25)22-15-6-7-19-17(12-15)18(13-21-19)14-8-10-23-9-4-5-16(23)11-14/h6-7,12-14,16,21-22H,4-5,8-11H2,1-3H3. The van der Waals surface area contributed by atoms with Crippen LogP contribution in [0.25, 0.3) is 10.9 Å². The molecule has 4 rings (SSSR count). The Balaban J connectivity index is 1.63. The molecule has 2 aliphatic rings. The summed E-state index contributed by atoms with van der Waals surface area (Å²) in [7, 11) is -3.42.